The molecule has 0 bridgehead atoms. The molecule has 1 amide bonds. The smallest absolute Gasteiger partial charge is 0.264 e. The third-order valence-electron chi connectivity index (χ3n) is 5.82. The fraction of sp³-hybridized carbons (Fsp3) is 0.138. The first kappa shape index (κ1) is 25.2. The number of fused-ring (bicyclic) bond motifs is 1. The number of hydrogen-bond donors (Lipinski definition) is 1. The lowest BCUT2D eigenvalue weighted by Crippen LogP contribution is -2.38. The normalized spacial score (nSPS) is 12.4. The second kappa shape index (κ2) is 11.3. The molecular formula is C29H26N2O6S. The molecule has 4 aromatic rings. The molecule has 38 heavy (non-hydrogen) atoms. The fourth-order valence-electron chi connectivity index (χ4n) is 3.93. The Labute approximate surface area is 221 Å². The highest BCUT2D eigenvalue weighted by atomic mass is 32.2. The molecule has 9 heteroatoms. The van der Waals surface area contributed by atoms with Crippen LogP contribution in [0, 0.1) is 0 Å². The van der Waals surface area contributed by atoms with E-state index in [1.807, 2.05) is 30.3 Å². The van der Waals surface area contributed by atoms with Gasteiger partial charge in [0.2, 0.25) is 5.91 Å². The Morgan fingerprint density at radius 1 is 0.816 bits per heavy atom. The quantitative estimate of drug-likeness (QED) is 0.332. The largest absolute Gasteiger partial charge is 0.489 e. The lowest BCUT2D eigenvalue weighted by Gasteiger charge is -2.26. The zero-order valence-electron chi connectivity index (χ0n) is 20.4. The van der Waals surface area contributed by atoms with Gasteiger partial charge in [0.05, 0.1) is 10.6 Å². The second-order valence-electron chi connectivity index (χ2n) is 8.50. The maximum atomic E-state index is 13.6. The Morgan fingerprint density at radius 3 is 2.18 bits per heavy atom. The van der Waals surface area contributed by atoms with Crippen LogP contribution in [0.1, 0.15) is 5.56 Å². The van der Waals surface area contributed by atoms with Crippen LogP contribution in [0.2, 0.25) is 0 Å². The van der Waals surface area contributed by atoms with Gasteiger partial charge in [-0.1, -0.05) is 48.5 Å². The van der Waals surface area contributed by atoms with Crippen LogP contribution in [0.5, 0.6) is 17.2 Å². The minimum atomic E-state index is -4.05. The monoisotopic (exact) mass is 530 g/mol. The van der Waals surface area contributed by atoms with Crippen molar-refractivity contribution in [3.05, 3.63) is 109 Å². The van der Waals surface area contributed by atoms with Crippen molar-refractivity contribution in [3.63, 3.8) is 0 Å². The maximum Gasteiger partial charge on any atom is 0.264 e. The molecule has 0 atom stereocenters. The van der Waals surface area contributed by atoms with E-state index in [0.717, 1.165) is 9.87 Å². The predicted octanol–water partition coefficient (Wildman–Crippen LogP) is 4.87. The number of benzene rings is 4. The van der Waals surface area contributed by atoms with Gasteiger partial charge < -0.3 is 19.5 Å². The molecule has 0 fully saturated rings. The van der Waals surface area contributed by atoms with E-state index in [1.165, 1.54) is 12.1 Å². The van der Waals surface area contributed by atoms with Gasteiger partial charge in [-0.2, -0.15) is 0 Å². The van der Waals surface area contributed by atoms with Crippen molar-refractivity contribution in [3.8, 4) is 17.2 Å². The van der Waals surface area contributed by atoms with Crippen LogP contribution in [0.25, 0.3) is 0 Å². The predicted molar refractivity (Wildman–Crippen MR) is 144 cm³/mol. The number of rotatable bonds is 9. The average Bonchev–Trinajstić information content (AvgIpc) is 2.96. The summed E-state index contributed by atoms with van der Waals surface area (Å²) < 4.78 is 45.2. The number of nitrogens with one attached hydrogen (secondary N) is 1. The van der Waals surface area contributed by atoms with Gasteiger partial charge in [-0.25, -0.2) is 8.42 Å². The van der Waals surface area contributed by atoms with Crippen molar-refractivity contribution < 1.29 is 27.4 Å². The molecule has 1 heterocycles. The van der Waals surface area contributed by atoms with Crippen LogP contribution >= 0.6 is 0 Å². The number of carbonyl (C=O) groups excluding carboxylic acids is 1. The van der Waals surface area contributed by atoms with Gasteiger partial charge in [0.25, 0.3) is 10.0 Å². The number of nitrogens with zero attached hydrogens (tertiary/aromatic N) is 1. The second-order valence-corrected chi connectivity index (χ2v) is 10.4. The summed E-state index contributed by atoms with van der Waals surface area (Å²) in [5.74, 6) is 1.10. The molecule has 0 radical (unpaired) electrons. The molecule has 1 aliphatic heterocycles. The average molecular weight is 531 g/mol. The summed E-state index contributed by atoms with van der Waals surface area (Å²) in [5.41, 5.74) is 1.85. The number of ether oxygens (including phenoxy) is 3. The van der Waals surface area contributed by atoms with E-state index < -0.39 is 22.5 Å². The molecule has 0 saturated carbocycles. The van der Waals surface area contributed by atoms with Crippen LogP contribution in [0.15, 0.2) is 108 Å². The summed E-state index contributed by atoms with van der Waals surface area (Å²) in [6.45, 7) is 0.752. The van der Waals surface area contributed by atoms with Gasteiger partial charge >= 0.3 is 0 Å². The minimum absolute atomic E-state index is 0.0719. The van der Waals surface area contributed by atoms with Crippen LogP contribution in [-0.4, -0.2) is 34.1 Å². The van der Waals surface area contributed by atoms with Gasteiger partial charge in [0.1, 0.15) is 32.1 Å². The molecule has 0 saturated heterocycles. The van der Waals surface area contributed by atoms with E-state index in [-0.39, 0.29) is 10.6 Å². The van der Waals surface area contributed by atoms with Crippen molar-refractivity contribution >= 4 is 27.3 Å². The zero-order chi connectivity index (χ0) is 26.4. The van der Waals surface area contributed by atoms with Crippen LogP contribution in [-0.2, 0) is 21.4 Å². The first-order chi connectivity index (χ1) is 18.5. The van der Waals surface area contributed by atoms with Crippen molar-refractivity contribution in [2.45, 2.75) is 11.5 Å². The van der Waals surface area contributed by atoms with Crippen LogP contribution in [0.4, 0.5) is 11.4 Å². The van der Waals surface area contributed by atoms with E-state index in [9.17, 15) is 13.2 Å². The molecule has 1 aliphatic rings. The molecule has 8 nitrogen and oxygen atoms in total. The minimum Gasteiger partial charge on any atom is -0.489 e. The first-order valence-electron chi connectivity index (χ1n) is 12.0. The standard InChI is InChI=1S/C29H26N2O6S/c32-29(30-23-11-14-25(15-12-23)37-21-22-7-3-1-4-8-22)20-31(38(33,34)26-9-5-2-6-10-26)24-13-16-27-28(19-24)36-18-17-35-27/h1-16,19H,17-18,20-21H2,(H,30,32). The van der Waals surface area contributed by atoms with E-state index in [2.05, 4.69) is 5.32 Å². The summed E-state index contributed by atoms with van der Waals surface area (Å²) in [7, 11) is -4.05. The van der Waals surface area contributed by atoms with Crippen LogP contribution < -0.4 is 23.8 Å². The summed E-state index contributed by atoms with van der Waals surface area (Å²) >= 11 is 0. The zero-order valence-corrected chi connectivity index (χ0v) is 21.3. The topological polar surface area (TPSA) is 94.2 Å². The van der Waals surface area contributed by atoms with Gasteiger partial charge in [0, 0.05) is 11.8 Å². The number of anilines is 2. The lowest BCUT2D eigenvalue weighted by molar-refractivity contribution is -0.114. The Balaban J connectivity index is 1.32. The molecule has 4 aromatic carbocycles. The Hall–Kier alpha value is -4.50. The maximum absolute atomic E-state index is 13.6. The lowest BCUT2D eigenvalue weighted by atomic mass is 10.2. The molecular weight excluding hydrogens is 504 g/mol. The summed E-state index contributed by atoms with van der Waals surface area (Å²) in [6.07, 6.45) is 0. The molecule has 0 aromatic heterocycles. The van der Waals surface area contributed by atoms with E-state index in [4.69, 9.17) is 14.2 Å². The third kappa shape index (κ3) is 5.90. The van der Waals surface area contributed by atoms with Crippen molar-refractivity contribution in [2.24, 2.45) is 0 Å². The third-order valence-corrected chi connectivity index (χ3v) is 7.61. The fourth-order valence-corrected chi connectivity index (χ4v) is 5.36. The number of amides is 1. The highest BCUT2D eigenvalue weighted by Crippen LogP contribution is 2.35. The molecule has 194 valence electrons. The van der Waals surface area contributed by atoms with Gasteiger partial charge in [-0.15, -0.1) is 0 Å². The van der Waals surface area contributed by atoms with Gasteiger partial charge in [-0.3, -0.25) is 9.10 Å². The molecule has 0 aliphatic carbocycles. The summed E-state index contributed by atoms with van der Waals surface area (Å²) in [4.78, 5) is 13.1. The van der Waals surface area contributed by atoms with Crippen molar-refractivity contribution in [2.75, 3.05) is 29.4 Å². The molecule has 0 spiro atoms. The highest BCUT2D eigenvalue weighted by Gasteiger charge is 2.28. The number of sulfonamides is 1. The Kier molecular flexibility index (Phi) is 7.46. The Morgan fingerprint density at radius 2 is 1.47 bits per heavy atom. The molecule has 0 unspecified atom stereocenters. The van der Waals surface area contributed by atoms with Gasteiger partial charge in [-0.05, 0) is 54.1 Å². The summed E-state index contributed by atoms with van der Waals surface area (Å²) in [6, 6.07) is 29.5. The van der Waals surface area contributed by atoms with E-state index >= 15 is 0 Å². The van der Waals surface area contributed by atoms with Crippen molar-refractivity contribution in [1.82, 2.24) is 0 Å². The number of carbonyl (C=O) groups is 1. The molecule has 5 rings (SSSR count). The Bertz CT molecular complexity index is 1490. The molecule has 1 N–H and O–H groups in total. The van der Waals surface area contributed by atoms with Crippen LogP contribution in [0.3, 0.4) is 0 Å². The highest BCUT2D eigenvalue weighted by molar-refractivity contribution is 7.92. The first-order valence-corrected chi connectivity index (χ1v) is 13.5. The van der Waals surface area contributed by atoms with Crippen molar-refractivity contribution in [1.29, 1.82) is 0 Å². The number of hydrogen-bond acceptors (Lipinski definition) is 6. The van der Waals surface area contributed by atoms with E-state index in [1.54, 1.807) is 60.7 Å². The summed E-state index contributed by atoms with van der Waals surface area (Å²) in [5, 5.41) is 2.77. The SMILES string of the molecule is O=C(CN(c1ccc2c(c1)OCCO2)S(=O)(=O)c1ccccc1)Nc1ccc(OCc2ccccc2)cc1. The van der Waals surface area contributed by atoms with Gasteiger partial charge in [0.15, 0.2) is 11.5 Å². The van der Waals surface area contributed by atoms with E-state index in [0.29, 0.717) is 42.8 Å².